The fourth-order valence-electron chi connectivity index (χ4n) is 3.40. The third-order valence-corrected chi connectivity index (χ3v) is 5.05. The van der Waals surface area contributed by atoms with Gasteiger partial charge in [-0.25, -0.2) is 9.00 Å². The molecule has 9 heteroatoms. The van der Waals surface area contributed by atoms with Crippen LogP contribution in [0.2, 0.25) is 0 Å². The average Bonchev–Trinajstić information content (AvgIpc) is 2.59. The van der Waals surface area contributed by atoms with Crippen molar-refractivity contribution < 1.29 is 26.7 Å². The minimum Gasteiger partial charge on any atom is -0.332 e. The van der Waals surface area contributed by atoms with Crippen LogP contribution < -0.4 is 5.32 Å². The number of hydrogen-bond donors (Lipinski definition) is 2. The van der Waals surface area contributed by atoms with Gasteiger partial charge in [0, 0.05) is 17.5 Å². The number of piperidine rings is 1. The van der Waals surface area contributed by atoms with E-state index in [1.165, 1.54) is 11.0 Å². The van der Waals surface area contributed by atoms with Crippen LogP contribution in [0.3, 0.4) is 0 Å². The average molecular weight is 404 g/mol. The Kier molecular flexibility index (Phi) is 7.05. The topological polar surface area (TPSA) is 69.6 Å². The number of nitrogens with zero attached hydrogens (tertiary/aromatic N) is 1. The summed E-state index contributed by atoms with van der Waals surface area (Å²) in [6.07, 6.45) is -3.31. The maximum absolute atomic E-state index is 13.3. The largest absolute Gasteiger partial charge is 0.391 e. The second-order valence-corrected chi connectivity index (χ2v) is 7.56. The van der Waals surface area contributed by atoms with Crippen molar-refractivity contribution in [3.8, 4) is 0 Å². The highest BCUT2D eigenvalue weighted by molar-refractivity contribution is 7.82. The molecule has 1 fully saturated rings. The van der Waals surface area contributed by atoms with Crippen molar-refractivity contribution in [2.45, 2.75) is 51.0 Å². The molecule has 2 rings (SSSR count). The first-order valence-corrected chi connectivity index (χ1v) is 9.75. The highest BCUT2D eigenvalue weighted by Gasteiger charge is 2.48. The number of benzene rings is 1. The molecule has 0 saturated carbocycles. The second-order valence-electron chi connectivity index (χ2n) is 6.74. The van der Waals surface area contributed by atoms with Crippen molar-refractivity contribution in [3.05, 3.63) is 47.4 Å². The summed E-state index contributed by atoms with van der Waals surface area (Å²) in [4.78, 5) is 14.2. The molecule has 0 bridgehead atoms. The molecular weight excluding hydrogens is 381 g/mol. The molecule has 1 aliphatic heterocycles. The lowest BCUT2D eigenvalue weighted by molar-refractivity contribution is -0.192. The number of carbonyl (C=O) groups is 1. The van der Waals surface area contributed by atoms with Gasteiger partial charge in [0.05, 0.1) is 12.0 Å². The van der Waals surface area contributed by atoms with Crippen LogP contribution >= 0.6 is 0 Å². The van der Waals surface area contributed by atoms with Crippen LogP contribution in [0.1, 0.15) is 38.3 Å². The smallest absolute Gasteiger partial charge is 0.332 e. The Labute approximate surface area is 158 Å². The molecule has 1 heterocycles. The van der Waals surface area contributed by atoms with Gasteiger partial charge in [-0.05, 0) is 32.3 Å². The Morgan fingerprint density at radius 1 is 1.33 bits per heavy atom. The molecule has 0 radical (unpaired) electrons. The van der Waals surface area contributed by atoms with E-state index < -0.39 is 47.3 Å². The number of likely N-dealkylation sites (tertiary alicyclic amines) is 1. The van der Waals surface area contributed by atoms with E-state index in [0.29, 0.717) is 5.56 Å². The molecule has 150 valence electrons. The Hall–Kier alpha value is -1.87. The van der Waals surface area contributed by atoms with Gasteiger partial charge in [-0.3, -0.25) is 0 Å². The molecule has 1 saturated heterocycles. The zero-order valence-electron chi connectivity index (χ0n) is 15.0. The number of hydrogen-bond acceptors (Lipinski definition) is 2. The summed E-state index contributed by atoms with van der Waals surface area (Å²) in [5, 5.41) is 3.69. The molecule has 1 aromatic rings. The van der Waals surface area contributed by atoms with Crippen LogP contribution in [-0.2, 0) is 11.1 Å². The van der Waals surface area contributed by atoms with Crippen molar-refractivity contribution in [2.24, 2.45) is 5.92 Å². The first-order valence-electron chi connectivity index (χ1n) is 8.58. The maximum Gasteiger partial charge on any atom is 0.391 e. The minimum atomic E-state index is -4.31. The monoisotopic (exact) mass is 404 g/mol. The van der Waals surface area contributed by atoms with Gasteiger partial charge in [0.2, 0.25) is 0 Å². The number of rotatable bonds is 4. The molecule has 1 unspecified atom stereocenters. The molecule has 0 aliphatic carbocycles. The van der Waals surface area contributed by atoms with E-state index in [1.54, 1.807) is 44.2 Å². The summed E-state index contributed by atoms with van der Waals surface area (Å²) in [6.45, 7) is 3.22. The molecule has 5 nitrogen and oxygen atoms in total. The van der Waals surface area contributed by atoms with E-state index in [4.69, 9.17) is 4.55 Å². The standard InChI is InChI=1S/C18H23F3N2O3S/c1-12(8-9-27(25)26)22-17(24)23-13(2)10-15(18(19,20)21)11-16(23)14-6-4-3-5-7-14/h3-9,12-13,15-16H,10-11H2,1-2H3,(H,22,24)(H,25,26)/b9-8+/t12-,13-,15+,16-/m0/s1. The molecule has 0 aromatic heterocycles. The van der Waals surface area contributed by atoms with Crippen LogP contribution in [0.5, 0.6) is 0 Å². The van der Waals surface area contributed by atoms with Crippen LogP contribution in [0, 0.1) is 5.92 Å². The Bertz CT molecular complexity index is 697. The number of alkyl halides is 3. The Morgan fingerprint density at radius 3 is 2.52 bits per heavy atom. The molecule has 2 N–H and O–H groups in total. The summed E-state index contributed by atoms with van der Waals surface area (Å²) in [7, 11) is 0. The number of halogens is 3. The van der Waals surface area contributed by atoms with Crippen LogP contribution in [0.15, 0.2) is 41.8 Å². The van der Waals surface area contributed by atoms with E-state index in [2.05, 4.69) is 5.32 Å². The predicted molar refractivity (Wildman–Crippen MR) is 97.2 cm³/mol. The summed E-state index contributed by atoms with van der Waals surface area (Å²) in [5.41, 5.74) is 0.646. The third-order valence-electron chi connectivity index (χ3n) is 4.66. The molecule has 5 atom stereocenters. The number of urea groups is 1. The van der Waals surface area contributed by atoms with Gasteiger partial charge in [-0.15, -0.1) is 0 Å². The van der Waals surface area contributed by atoms with Crippen molar-refractivity contribution in [1.29, 1.82) is 0 Å². The first-order chi connectivity index (χ1) is 12.6. The van der Waals surface area contributed by atoms with Crippen molar-refractivity contribution in [2.75, 3.05) is 0 Å². The minimum absolute atomic E-state index is 0.162. The summed E-state index contributed by atoms with van der Waals surface area (Å²) in [5.74, 6) is -1.48. The lowest BCUT2D eigenvalue weighted by atomic mass is 9.83. The fraction of sp³-hybridized carbons (Fsp3) is 0.500. The number of nitrogens with one attached hydrogen (secondary N) is 1. The molecule has 1 aliphatic rings. The van der Waals surface area contributed by atoms with Gasteiger partial charge in [0.15, 0.2) is 11.1 Å². The summed E-state index contributed by atoms with van der Waals surface area (Å²) >= 11 is -2.13. The second kappa shape index (κ2) is 8.88. The van der Waals surface area contributed by atoms with Gasteiger partial charge in [-0.1, -0.05) is 36.4 Å². The zero-order valence-corrected chi connectivity index (χ0v) is 15.8. The van der Waals surface area contributed by atoms with E-state index in [0.717, 1.165) is 5.41 Å². The fourth-order valence-corrected chi connectivity index (χ4v) is 3.77. The Balaban J connectivity index is 2.25. The van der Waals surface area contributed by atoms with Gasteiger partial charge in [-0.2, -0.15) is 13.2 Å². The Morgan fingerprint density at radius 2 is 1.96 bits per heavy atom. The first kappa shape index (κ1) is 21.4. The molecular formula is C18H23F3N2O3S. The highest BCUT2D eigenvalue weighted by Crippen LogP contribution is 2.44. The summed E-state index contributed by atoms with van der Waals surface area (Å²) in [6, 6.07) is 6.30. The van der Waals surface area contributed by atoms with Crippen LogP contribution in [0.4, 0.5) is 18.0 Å². The third kappa shape index (κ3) is 5.80. The number of carbonyl (C=O) groups excluding carboxylic acids is 1. The molecule has 0 spiro atoms. The van der Waals surface area contributed by atoms with E-state index in [1.807, 2.05) is 0 Å². The number of amides is 2. The van der Waals surface area contributed by atoms with E-state index >= 15 is 0 Å². The quantitative estimate of drug-likeness (QED) is 0.738. The SMILES string of the molecule is C[C@@H](/C=C/S(=O)O)NC(=O)N1[C@@H](C)C[C@@H](C(F)(F)F)C[C@H]1c1ccccc1. The molecule has 27 heavy (non-hydrogen) atoms. The lowest BCUT2D eigenvalue weighted by Gasteiger charge is -2.44. The normalized spacial score (nSPS) is 26.0. The van der Waals surface area contributed by atoms with Gasteiger partial charge >= 0.3 is 12.2 Å². The lowest BCUT2D eigenvalue weighted by Crippen LogP contribution is -2.53. The van der Waals surface area contributed by atoms with Gasteiger partial charge in [0.1, 0.15) is 0 Å². The van der Waals surface area contributed by atoms with Crippen molar-refractivity contribution in [3.63, 3.8) is 0 Å². The van der Waals surface area contributed by atoms with Crippen molar-refractivity contribution >= 4 is 17.1 Å². The maximum atomic E-state index is 13.3. The highest BCUT2D eigenvalue weighted by atomic mass is 32.2. The molecule has 1 aromatic carbocycles. The van der Waals surface area contributed by atoms with E-state index in [9.17, 15) is 22.2 Å². The van der Waals surface area contributed by atoms with Gasteiger partial charge < -0.3 is 14.8 Å². The van der Waals surface area contributed by atoms with Crippen molar-refractivity contribution in [1.82, 2.24) is 10.2 Å². The van der Waals surface area contributed by atoms with Crippen LogP contribution in [-0.4, -0.2) is 38.0 Å². The van der Waals surface area contributed by atoms with Gasteiger partial charge in [0.25, 0.3) is 0 Å². The molecule has 2 amide bonds. The zero-order chi connectivity index (χ0) is 20.2. The van der Waals surface area contributed by atoms with E-state index in [-0.39, 0.29) is 12.8 Å². The summed E-state index contributed by atoms with van der Waals surface area (Å²) < 4.78 is 59.5. The van der Waals surface area contributed by atoms with Crippen LogP contribution in [0.25, 0.3) is 0 Å². The predicted octanol–water partition coefficient (Wildman–Crippen LogP) is 4.22.